The van der Waals surface area contributed by atoms with Gasteiger partial charge in [-0.15, -0.1) is 11.3 Å². The molecule has 0 saturated heterocycles. The molecule has 25 heavy (non-hydrogen) atoms. The Labute approximate surface area is 158 Å². The molecule has 0 radical (unpaired) electrons. The second kappa shape index (κ2) is 6.78. The Hall–Kier alpha value is -1.89. The number of thiophene rings is 1. The van der Waals surface area contributed by atoms with Crippen molar-refractivity contribution in [2.24, 2.45) is 0 Å². The first-order chi connectivity index (χ1) is 12.1. The van der Waals surface area contributed by atoms with Crippen molar-refractivity contribution in [3.8, 4) is 5.88 Å². The predicted octanol–water partition coefficient (Wildman–Crippen LogP) is 4.50. The first-order valence-corrected chi connectivity index (χ1v) is 9.32. The molecule has 1 N–H and O–H groups in total. The van der Waals surface area contributed by atoms with E-state index in [2.05, 4.69) is 15.3 Å². The largest absolute Gasteiger partial charge is 0.467 e. The Morgan fingerprint density at radius 2 is 2.16 bits per heavy atom. The molecule has 1 amide bonds. The first-order valence-electron chi connectivity index (χ1n) is 7.75. The summed E-state index contributed by atoms with van der Waals surface area (Å²) in [6, 6.07) is 4.88. The van der Waals surface area contributed by atoms with Gasteiger partial charge < -0.3 is 10.1 Å². The predicted molar refractivity (Wildman–Crippen MR) is 100 cm³/mol. The highest BCUT2D eigenvalue weighted by Crippen LogP contribution is 2.39. The van der Waals surface area contributed by atoms with Crippen LogP contribution >= 0.6 is 34.5 Å². The third-order valence-corrected chi connectivity index (χ3v) is 5.77. The lowest BCUT2D eigenvalue weighted by atomic mass is 10.2. The van der Waals surface area contributed by atoms with Gasteiger partial charge in [-0.05, 0) is 43.0 Å². The normalized spacial score (nSPS) is 13.0. The first kappa shape index (κ1) is 16.6. The molecular formula is C17H13Cl2N3O2S. The topological polar surface area (TPSA) is 64.1 Å². The summed E-state index contributed by atoms with van der Waals surface area (Å²) in [6.45, 7) is -0.167. The number of aromatic nitrogens is 2. The number of hydrogen-bond acceptors (Lipinski definition) is 5. The van der Waals surface area contributed by atoms with Gasteiger partial charge in [0.2, 0.25) is 5.88 Å². The van der Waals surface area contributed by atoms with Crippen LogP contribution in [-0.4, -0.2) is 22.5 Å². The van der Waals surface area contributed by atoms with E-state index < -0.39 is 0 Å². The summed E-state index contributed by atoms with van der Waals surface area (Å²) in [6.07, 6.45) is 4.68. The smallest absolute Gasteiger partial charge is 0.262 e. The molecule has 4 rings (SSSR count). The molecule has 1 aromatic carbocycles. The number of anilines is 1. The number of amides is 1. The number of ether oxygens (including phenoxy) is 1. The average Bonchev–Trinajstić information content (AvgIpc) is 3.17. The van der Waals surface area contributed by atoms with Gasteiger partial charge in [-0.1, -0.05) is 23.2 Å². The lowest BCUT2D eigenvalue weighted by molar-refractivity contribution is -0.118. The van der Waals surface area contributed by atoms with Gasteiger partial charge in [0.05, 0.1) is 16.1 Å². The van der Waals surface area contributed by atoms with Crippen LogP contribution in [0.4, 0.5) is 5.69 Å². The molecule has 0 saturated carbocycles. The Balaban J connectivity index is 1.51. The molecule has 128 valence electrons. The van der Waals surface area contributed by atoms with Gasteiger partial charge in [0.1, 0.15) is 11.2 Å². The van der Waals surface area contributed by atoms with Gasteiger partial charge in [-0.3, -0.25) is 4.79 Å². The summed E-state index contributed by atoms with van der Waals surface area (Å²) in [5.41, 5.74) is 1.71. The number of benzene rings is 1. The third kappa shape index (κ3) is 3.29. The van der Waals surface area contributed by atoms with E-state index in [1.54, 1.807) is 29.5 Å². The van der Waals surface area contributed by atoms with Crippen LogP contribution in [-0.2, 0) is 17.6 Å². The molecule has 2 heterocycles. The molecular weight excluding hydrogens is 381 g/mol. The number of carbonyl (C=O) groups is 1. The quantitative estimate of drug-likeness (QED) is 0.708. The zero-order valence-corrected chi connectivity index (χ0v) is 15.3. The Morgan fingerprint density at radius 3 is 3.04 bits per heavy atom. The maximum Gasteiger partial charge on any atom is 0.262 e. The van der Waals surface area contributed by atoms with E-state index in [1.807, 2.05) is 0 Å². The highest BCUT2D eigenvalue weighted by molar-refractivity contribution is 7.18. The molecule has 2 aromatic heterocycles. The maximum atomic E-state index is 12.2. The van der Waals surface area contributed by atoms with Gasteiger partial charge in [-0.25, -0.2) is 9.97 Å². The highest BCUT2D eigenvalue weighted by Gasteiger charge is 2.22. The molecule has 0 atom stereocenters. The third-order valence-electron chi connectivity index (χ3n) is 4.01. The van der Waals surface area contributed by atoms with Gasteiger partial charge in [-0.2, -0.15) is 0 Å². The van der Waals surface area contributed by atoms with Crippen LogP contribution in [0.25, 0.3) is 10.2 Å². The van der Waals surface area contributed by atoms with Crippen LogP contribution < -0.4 is 10.1 Å². The lowest BCUT2D eigenvalue weighted by Gasteiger charge is -2.09. The van der Waals surface area contributed by atoms with Crippen LogP contribution in [0, 0.1) is 0 Å². The second-order valence-electron chi connectivity index (χ2n) is 5.68. The van der Waals surface area contributed by atoms with E-state index in [0.29, 0.717) is 21.6 Å². The van der Waals surface area contributed by atoms with Gasteiger partial charge >= 0.3 is 0 Å². The van der Waals surface area contributed by atoms with Gasteiger partial charge in [0.15, 0.2) is 6.61 Å². The number of nitrogens with zero attached hydrogens (tertiary/aromatic N) is 2. The number of rotatable bonds is 4. The molecule has 1 aliphatic rings. The Bertz CT molecular complexity index is 974. The molecule has 0 fully saturated rings. The zero-order valence-electron chi connectivity index (χ0n) is 13.0. The molecule has 3 aromatic rings. The number of halogens is 2. The molecule has 0 aliphatic heterocycles. The fourth-order valence-electron chi connectivity index (χ4n) is 2.92. The minimum Gasteiger partial charge on any atom is -0.467 e. The van der Waals surface area contributed by atoms with Gasteiger partial charge in [0, 0.05) is 9.90 Å². The van der Waals surface area contributed by atoms with E-state index in [9.17, 15) is 4.79 Å². The van der Waals surface area contributed by atoms with Crippen molar-refractivity contribution in [1.82, 2.24) is 9.97 Å². The van der Waals surface area contributed by atoms with Crippen molar-refractivity contribution < 1.29 is 9.53 Å². The number of aryl methyl sites for hydroxylation is 2. The van der Waals surface area contributed by atoms with Gasteiger partial charge in [0.25, 0.3) is 5.91 Å². The van der Waals surface area contributed by atoms with Crippen LogP contribution in [0.15, 0.2) is 24.5 Å². The number of nitrogens with one attached hydrogen (secondary N) is 1. The average molecular weight is 394 g/mol. The highest BCUT2D eigenvalue weighted by atomic mass is 35.5. The number of fused-ring (bicyclic) bond motifs is 3. The molecule has 8 heteroatoms. The molecule has 0 unspecified atom stereocenters. The second-order valence-corrected chi connectivity index (χ2v) is 7.60. The van der Waals surface area contributed by atoms with Crippen molar-refractivity contribution in [2.45, 2.75) is 19.3 Å². The van der Waals surface area contributed by atoms with Crippen molar-refractivity contribution in [2.75, 3.05) is 11.9 Å². The minimum atomic E-state index is -0.331. The molecule has 0 spiro atoms. The van der Waals surface area contributed by atoms with Crippen LogP contribution in [0.3, 0.4) is 0 Å². The lowest BCUT2D eigenvalue weighted by Crippen LogP contribution is -2.20. The zero-order chi connectivity index (χ0) is 17.4. The minimum absolute atomic E-state index is 0.167. The summed E-state index contributed by atoms with van der Waals surface area (Å²) < 4.78 is 5.67. The number of carbonyl (C=O) groups excluding carboxylic acids is 1. The van der Waals surface area contributed by atoms with E-state index in [4.69, 9.17) is 27.9 Å². The van der Waals surface area contributed by atoms with Crippen molar-refractivity contribution in [3.05, 3.63) is 45.0 Å². The number of hydrogen-bond donors (Lipinski definition) is 1. The van der Waals surface area contributed by atoms with E-state index in [0.717, 1.165) is 29.5 Å². The van der Waals surface area contributed by atoms with E-state index >= 15 is 0 Å². The Kier molecular flexibility index (Phi) is 4.50. The molecule has 1 aliphatic carbocycles. The maximum absolute atomic E-state index is 12.2. The van der Waals surface area contributed by atoms with Crippen LogP contribution in [0.2, 0.25) is 10.0 Å². The summed E-state index contributed by atoms with van der Waals surface area (Å²) in [4.78, 5) is 23.0. The fourth-order valence-corrected chi connectivity index (χ4v) is 4.48. The molecule has 0 bridgehead atoms. The molecule has 5 nitrogen and oxygen atoms in total. The Morgan fingerprint density at radius 1 is 1.28 bits per heavy atom. The fraction of sp³-hybridized carbons (Fsp3) is 0.235. The van der Waals surface area contributed by atoms with E-state index in [1.165, 1.54) is 16.8 Å². The van der Waals surface area contributed by atoms with Crippen molar-refractivity contribution in [3.63, 3.8) is 0 Å². The van der Waals surface area contributed by atoms with E-state index in [-0.39, 0.29) is 12.5 Å². The van der Waals surface area contributed by atoms with Crippen molar-refractivity contribution in [1.29, 1.82) is 0 Å². The summed E-state index contributed by atoms with van der Waals surface area (Å²) >= 11 is 13.7. The summed E-state index contributed by atoms with van der Waals surface area (Å²) in [7, 11) is 0. The monoisotopic (exact) mass is 393 g/mol. The summed E-state index contributed by atoms with van der Waals surface area (Å²) in [5, 5.41) is 4.54. The van der Waals surface area contributed by atoms with Crippen LogP contribution in [0.1, 0.15) is 16.9 Å². The summed E-state index contributed by atoms with van der Waals surface area (Å²) in [5.74, 6) is 0.125. The SMILES string of the molecule is O=C(COc1ncnc2sc3c(c12)CCC3)Nc1cc(Cl)ccc1Cl. The van der Waals surface area contributed by atoms with Crippen LogP contribution in [0.5, 0.6) is 5.88 Å². The standard InChI is InChI=1S/C17H13Cl2N3O2S/c18-9-4-5-11(19)12(6-9)22-14(23)7-24-16-15-10-2-1-3-13(10)25-17(15)21-8-20-16/h4-6,8H,1-3,7H2,(H,22,23). The van der Waals surface area contributed by atoms with Crippen molar-refractivity contribution >= 4 is 56.3 Å².